The van der Waals surface area contributed by atoms with Gasteiger partial charge in [0.2, 0.25) is 5.91 Å². The third-order valence-electron chi connectivity index (χ3n) is 2.33. The van der Waals surface area contributed by atoms with Gasteiger partial charge in [-0.2, -0.15) is 0 Å². The van der Waals surface area contributed by atoms with Gasteiger partial charge < -0.3 is 15.5 Å². The second kappa shape index (κ2) is 5.33. The Labute approximate surface area is 114 Å². The maximum absolute atomic E-state index is 11.1. The highest BCUT2D eigenvalue weighted by atomic mass is 35.5. The van der Waals surface area contributed by atoms with Crippen molar-refractivity contribution >= 4 is 34.8 Å². The number of amides is 1. The number of hydrogen-bond acceptors (Lipinski definition) is 3. The zero-order valence-corrected chi connectivity index (χ0v) is 10.8. The lowest BCUT2D eigenvalue weighted by Gasteiger charge is -2.08. The fourth-order valence-electron chi connectivity index (χ4n) is 1.44. The van der Waals surface area contributed by atoms with Crippen molar-refractivity contribution in [3.8, 4) is 0 Å². The Kier molecular flexibility index (Phi) is 3.79. The molecule has 0 fully saturated rings. The minimum absolute atomic E-state index is 0.323. The Hall–Kier alpha value is -1.65. The highest BCUT2D eigenvalue weighted by Gasteiger charge is 2.06. The average Bonchev–Trinajstić information content (AvgIpc) is 2.74. The standard InChI is InChI=1S/C12H10Cl2N2O2/c13-9-3-1-7(12(15)17)5-10(9)16-6-8-2-4-11(14)18-8/h1-5,16H,6H2,(H2,15,17). The van der Waals surface area contributed by atoms with Crippen LogP contribution in [0.1, 0.15) is 16.1 Å². The fourth-order valence-corrected chi connectivity index (χ4v) is 1.79. The van der Waals surface area contributed by atoms with Crippen LogP contribution in [0.15, 0.2) is 34.7 Å². The molecule has 0 aliphatic rings. The Bertz CT molecular complexity index is 581. The maximum Gasteiger partial charge on any atom is 0.248 e. The third kappa shape index (κ3) is 2.97. The van der Waals surface area contributed by atoms with Crippen LogP contribution in [0.5, 0.6) is 0 Å². The van der Waals surface area contributed by atoms with Gasteiger partial charge in [-0.05, 0) is 41.9 Å². The van der Waals surface area contributed by atoms with E-state index in [1.807, 2.05) is 0 Å². The normalized spacial score (nSPS) is 10.3. The first-order valence-electron chi connectivity index (χ1n) is 5.13. The second-order valence-electron chi connectivity index (χ2n) is 3.62. The van der Waals surface area contributed by atoms with Crippen LogP contribution in [-0.2, 0) is 6.54 Å². The van der Waals surface area contributed by atoms with E-state index in [1.165, 1.54) is 0 Å². The number of nitrogens with two attached hydrogens (primary N) is 1. The van der Waals surface area contributed by atoms with Gasteiger partial charge in [-0.3, -0.25) is 4.79 Å². The Morgan fingerprint density at radius 2 is 2.06 bits per heavy atom. The van der Waals surface area contributed by atoms with Gasteiger partial charge in [0.1, 0.15) is 5.76 Å². The van der Waals surface area contributed by atoms with Crippen LogP contribution < -0.4 is 11.1 Å². The molecule has 94 valence electrons. The largest absolute Gasteiger partial charge is 0.448 e. The molecule has 0 spiro atoms. The van der Waals surface area contributed by atoms with Crippen LogP contribution in [0.2, 0.25) is 10.2 Å². The van der Waals surface area contributed by atoms with Crippen molar-refractivity contribution in [3.63, 3.8) is 0 Å². The van der Waals surface area contributed by atoms with Gasteiger partial charge in [-0.1, -0.05) is 11.6 Å². The van der Waals surface area contributed by atoms with E-state index in [-0.39, 0.29) is 0 Å². The van der Waals surface area contributed by atoms with Gasteiger partial charge in [-0.25, -0.2) is 0 Å². The fraction of sp³-hybridized carbons (Fsp3) is 0.0833. The predicted molar refractivity (Wildman–Crippen MR) is 71.0 cm³/mol. The SMILES string of the molecule is NC(=O)c1ccc(Cl)c(NCc2ccc(Cl)o2)c1. The maximum atomic E-state index is 11.1. The quantitative estimate of drug-likeness (QED) is 0.905. The summed E-state index contributed by atoms with van der Waals surface area (Å²) in [5, 5.41) is 3.87. The number of anilines is 1. The van der Waals surface area contributed by atoms with E-state index < -0.39 is 5.91 Å². The number of rotatable bonds is 4. The molecule has 0 radical (unpaired) electrons. The Balaban J connectivity index is 2.13. The number of carbonyl (C=O) groups excluding carboxylic acids is 1. The van der Waals surface area contributed by atoms with Gasteiger partial charge in [0.25, 0.3) is 0 Å². The molecule has 2 aromatic rings. The average molecular weight is 285 g/mol. The first-order valence-corrected chi connectivity index (χ1v) is 5.89. The van der Waals surface area contributed by atoms with Crippen LogP contribution in [0.25, 0.3) is 0 Å². The van der Waals surface area contributed by atoms with E-state index in [2.05, 4.69) is 5.32 Å². The summed E-state index contributed by atoms with van der Waals surface area (Å²) in [6.07, 6.45) is 0. The molecule has 2 rings (SSSR count). The summed E-state index contributed by atoms with van der Waals surface area (Å²) in [6, 6.07) is 8.18. The number of furan rings is 1. The second-order valence-corrected chi connectivity index (χ2v) is 4.40. The molecular formula is C12H10Cl2N2O2. The highest BCUT2D eigenvalue weighted by Crippen LogP contribution is 2.24. The lowest BCUT2D eigenvalue weighted by molar-refractivity contribution is 0.100. The number of nitrogens with one attached hydrogen (secondary N) is 1. The monoisotopic (exact) mass is 284 g/mol. The molecular weight excluding hydrogens is 275 g/mol. The summed E-state index contributed by atoms with van der Waals surface area (Å²) in [6.45, 7) is 0.411. The smallest absolute Gasteiger partial charge is 0.248 e. The molecule has 1 amide bonds. The van der Waals surface area contributed by atoms with Crippen LogP contribution in [0.3, 0.4) is 0 Å². The molecule has 0 atom stereocenters. The van der Waals surface area contributed by atoms with Gasteiger partial charge in [0.15, 0.2) is 5.22 Å². The molecule has 4 nitrogen and oxygen atoms in total. The van der Waals surface area contributed by atoms with Crippen molar-refractivity contribution in [2.24, 2.45) is 5.73 Å². The molecule has 0 bridgehead atoms. The van der Waals surface area contributed by atoms with E-state index in [4.69, 9.17) is 33.4 Å². The van der Waals surface area contributed by atoms with Gasteiger partial charge in [0, 0.05) is 5.56 Å². The van der Waals surface area contributed by atoms with Crippen molar-refractivity contribution in [1.82, 2.24) is 0 Å². The zero-order valence-electron chi connectivity index (χ0n) is 9.24. The summed E-state index contributed by atoms with van der Waals surface area (Å²) in [4.78, 5) is 11.1. The lowest BCUT2D eigenvalue weighted by Crippen LogP contribution is -2.11. The van der Waals surface area contributed by atoms with Crippen molar-refractivity contribution in [2.75, 3.05) is 5.32 Å². The van der Waals surface area contributed by atoms with E-state index in [0.717, 1.165) is 0 Å². The summed E-state index contributed by atoms with van der Waals surface area (Å²) in [5.41, 5.74) is 6.20. The van der Waals surface area contributed by atoms with Crippen molar-refractivity contribution in [3.05, 3.63) is 51.9 Å². The molecule has 6 heteroatoms. The zero-order chi connectivity index (χ0) is 13.1. The van der Waals surface area contributed by atoms with Crippen LogP contribution in [-0.4, -0.2) is 5.91 Å². The van der Waals surface area contributed by atoms with E-state index in [1.54, 1.807) is 30.3 Å². The Morgan fingerprint density at radius 1 is 1.28 bits per heavy atom. The molecule has 1 aromatic heterocycles. The molecule has 0 aliphatic carbocycles. The lowest BCUT2D eigenvalue weighted by atomic mass is 10.2. The molecule has 0 saturated heterocycles. The van der Waals surface area contributed by atoms with Crippen molar-refractivity contribution in [2.45, 2.75) is 6.54 Å². The summed E-state index contributed by atoms with van der Waals surface area (Å²) in [5.74, 6) is 0.163. The predicted octanol–water partition coefficient (Wildman–Crippen LogP) is 3.30. The third-order valence-corrected chi connectivity index (χ3v) is 2.87. The van der Waals surface area contributed by atoms with Gasteiger partial charge in [-0.15, -0.1) is 0 Å². The molecule has 0 saturated carbocycles. The number of benzene rings is 1. The van der Waals surface area contributed by atoms with Crippen LogP contribution in [0, 0.1) is 0 Å². The van der Waals surface area contributed by atoms with Gasteiger partial charge in [0.05, 0.1) is 17.3 Å². The van der Waals surface area contributed by atoms with Gasteiger partial charge >= 0.3 is 0 Å². The van der Waals surface area contributed by atoms with E-state index in [9.17, 15) is 4.79 Å². The van der Waals surface area contributed by atoms with Crippen LogP contribution >= 0.6 is 23.2 Å². The number of primary amides is 1. The van der Waals surface area contributed by atoms with E-state index >= 15 is 0 Å². The molecule has 0 unspecified atom stereocenters. The number of hydrogen-bond donors (Lipinski definition) is 2. The van der Waals surface area contributed by atoms with Crippen LogP contribution in [0.4, 0.5) is 5.69 Å². The summed E-state index contributed by atoms with van der Waals surface area (Å²) in [7, 11) is 0. The first-order chi connectivity index (χ1) is 8.56. The summed E-state index contributed by atoms with van der Waals surface area (Å²) >= 11 is 11.7. The van der Waals surface area contributed by atoms with Crippen molar-refractivity contribution in [1.29, 1.82) is 0 Å². The highest BCUT2D eigenvalue weighted by molar-refractivity contribution is 6.33. The van der Waals surface area contributed by atoms with Crippen molar-refractivity contribution < 1.29 is 9.21 Å². The minimum Gasteiger partial charge on any atom is -0.448 e. The molecule has 1 aromatic carbocycles. The topological polar surface area (TPSA) is 68.3 Å². The first kappa shape index (κ1) is 12.8. The molecule has 0 aliphatic heterocycles. The Morgan fingerprint density at radius 3 is 2.67 bits per heavy atom. The molecule has 3 N–H and O–H groups in total. The summed E-state index contributed by atoms with van der Waals surface area (Å²) < 4.78 is 5.19. The molecule has 1 heterocycles. The number of halogens is 2. The van der Waals surface area contributed by atoms with E-state index in [0.29, 0.717) is 33.8 Å². The molecule has 18 heavy (non-hydrogen) atoms. The minimum atomic E-state index is -0.504. The number of carbonyl (C=O) groups is 1.